The Morgan fingerprint density at radius 1 is 1.23 bits per heavy atom. The number of ether oxygens (including phenoxy) is 2. The zero-order valence-corrected chi connectivity index (χ0v) is 15.9. The molecule has 0 spiro atoms. The Labute approximate surface area is 160 Å². The molecule has 0 saturated carbocycles. The Balaban J connectivity index is 1.61. The minimum absolute atomic E-state index is 0.168. The number of benzene rings is 1. The molecule has 2 atom stereocenters. The van der Waals surface area contributed by atoms with E-state index in [0.717, 1.165) is 34.8 Å². The van der Waals surface area contributed by atoms with Crippen molar-refractivity contribution >= 4 is 28.4 Å². The van der Waals surface area contributed by atoms with Gasteiger partial charge in [-0.2, -0.15) is 16.4 Å². The number of para-hydroxylation sites is 1. The highest BCUT2D eigenvalue weighted by Crippen LogP contribution is 2.51. The van der Waals surface area contributed by atoms with Gasteiger partial charge in [0.1, 0.15) is 0 Å². The SMILES string of the molecule is CCOc1cccc2c1O[C@@H](c1ccsc1)N1N=C(c3cccs3)C[C@@H]21. The van der Waals surface area contributed by atoms with Crippen molar-refractivity contribution in [3.05, 3.63) is 68.5 Å². The first kappa shape index (κ1) is 15.9. The van der Waals surface area contributed by atoms with Gasteiger partial charge in [-0.05, 0) is 41.3 Å². The third-order valence-electron chi connectivity index (χ3n) is 4.71. The summed E-state index contributed by atoms with van der Waals surface area (Å²) in [4.78, 5) is 1.23. The molecule has 0 aliphatic carbocycles. The highest BCUT2D eigenvalue weighted by Gasteiger charge is 2.42. The zero-order valence-electron chi connectivity index (χ0n) is 14.3. The lowest BCUT2D eigenvalue weighted by Gasteiger charge is -2.38. The molecule has 0 radical (unpaired) electrons. The quantitative estimate of drug-likeness (QED) is 0.602. The number of hydrogen-bond acceptors (Lipinski definition) is 6. The third kappa shape index (κ3) is 2.52. The maximum atomic E-state index is 6.44. The first-order valence-corrected chi connectivity index (χ1v) is 10.5. The predicted octanol–water partition coefficient (Wildman–Crippen LogP) is 5.45. The molecule has 2 aliphatic rings. The summed E-state index contributed by atoms with van der Waals surface area (Å²) in [5.41, 5.74) is 3.41. The van der Waals surface area contributed by atoms with E-state index in [1.165, 1.54) is 4.88 Å². The molecule has 0 N–H and O–H groups in total. The van der Waals surface area contributed by atoms with Gasteiger partial charge in [0.25, 0.3) is 0 Å². The maximum Gasteiger partial charge on any atom is 0.214 e. The standard InChI is InChI=1S/C20H18N2O2S2/c1-2-23-17-6-3-5-14-16-11-15(18-7-4-9-26-18)21-22(16)20(24-19(14)17)13-8-10-25-12-13/h3-10,12,16,20H,2,11H2,1H3/t16-,20-/m0/s1. The fraction of sp³-hybridized carbons (Fsp3) is 0.250. The van der Waals surface area contributed by atoms with Gasteiger partial charge in [-0.25, -0.2) is 5.01 Å². The number of hydrogen-bond donors (Lipinski definition) is 0. The van der Waals surface area contributed by atoms with Gasteiger partial charge in [0.05, 0.1) is 23.2 Å². The van der Waals surface area contributed by atoms with E-state index in [1.54, 1.807) is 22.7 Å². The van der Waals surface area contributed by atoms with Crippen LogP contribution in [-0.4, -0.2) is 17.3 Å². The van der Waals surface area contributed by atoms with Crippen LogP contribution in [0.4, 0.5) is 0 Å². The topological polar surface area (TPSA) is 34.1 Å². The third-order valence-corrected chi connectivity index (χ3v) is 6.33. The van der Waals surface area contributed by atoms with Crippen molar-refractivity contribution in [1.82, 2.24) is 5.01 Å². The average Bonchev–Trinajstić information content (AvgIpc) is 3.41. The van der Waals surface area contributed by atoms with E-state index >= 15 is 0 Å². The second kappa shape index (κ2) is 6.45. The lowest BCUT2D eigenvalue weighted by molar-refractivity contribution is -0.0209. The first-order chi connectivity index (χ1) is 12.8. The molecule has 0 fully saturated rings. The van der Waals surface area contributed by atoms with Gasteiger partial charge < -0.3 is 9.47 Å². The van der Waals surface area contributed by atoms with Gasteiger partial charge in [-0.15, -0.1) is 11.3 Å². The molecule has 26 heavy (non-hydrogen) atoms. The molecule has 1 aromatic carbocycles. The van der Waals surface area contributed by atoms with Crippen molar-refractivity contribution in [3.8, 4) is 11.5 Å². The molecule has 4 heterocycles. The number of rotatable bonds is 4. The van der Waals surface area contributed by atoms with Crippen LogP contribution >= 0.6 is 22.7 Å². The van der Waals surface area contributed by atoms with Crippen LogP contribution in [-0.2, 0) is 0 Å². The van der Waals surface area contributed by atoms with Crippen molar-refractivity contribution in [2.75, 3.05) is 6.61 Å². The predicted molar refractivity (Wildman–Crippen MR) is 105 cm³/mol. The summed E-state index contributed by atoms with van der Waals surface area (Å²) < 4.78 is 12.3. The molecule has 6 heteroatoms. The second-order valence-electron chi connectivity index (χ2n) is 6.26. The molecule has 2 aromatic heterocycles. The summed E-state index contributed by atoms with van der Waals surface area (Å²) in [7, 11) is 0. The number of nitrogens with zero attached hydrogens (tertiary/aromatic N) is 2. The lowest BCUT2D eigenvalue weighted by atomic mass is 9.97. The largest absolute Gasteiger partial charge is 0.490 e. The number of thiophene rings is 2. The van der Waals surface area contributed by atoms with Crippen LogP contribution in [0.15, 0.2) is 57.6 Å². The van der Waals surface area contributed by atoms with Crippen molar-refractivity contribution in [2.24, 2.45) is 5.10 Å². The summed E-state index contributed by atoms with van der Waals surface area (Å²) in [6, 6.07) is 12.7. The number of fused-ring (bicyclic) bond motifs is 3. The highest BCUT2D eigenvalue weighted by molar-refractivity contribution is 7.12. The van der Waals surface area contributed by atoms with E-state index in [1.807, 2.05) is 19.1 Å². The van der Waals surface area contributed by atoms with E-state index < -0.39 is 0 Å². The summed E-state index contributed by atoms with van der Waals surface area (Å²) >= 11 is 3.41. The van der Waals surface area contributed by atoms with Crippen LogP contribution in [0, 0.1) is 0 Å². The molecule has 132 valence electrons. The van der Waals surface area contributed by atoms with Crippen LogP contribution in [0.1, 0.15) is 41.6 Å². The van der Waals surface area contributed by atoms with Crippen molar-refractivity contribution in [3.63, 3.8) is 0 Å². The smallest absolute Gasteiger partial charge is 0.214 e. The molecular formula is C20H18N2O2S2. The molecule has 5 rings (SSSR count). The maximum absolute atomic E-state index is 6.44. The zero-order chi connectivity index (χ0) is 17.5. The monoisotopic (exact) mass is 382 g/mol. The summed E-state index contributed by atoms with van der Waals surface area (Å²) in [6.07, 6.45) is 0.658. The van der Waals surface area contributed by atoms with Crippen LogP contribution in [0.3, 0.4) is 0 Å². The van der Waals surface area contributed by atoms with E-state index in [0.29, 0.717) is 6.61 Å². The first-order valence-electron chi connectivity index (χ1n) is 8.69. The van der Waals surface area contributed by atoms with Crippen molar-refractivity contribution in [1.29, 1.82) is 0 Å². The molecule has 3 aromatic rings. The van der Waals surface area contributed by atoms with Gasteiger partial charge in [0, 0.05) is 17.5 Å². The minimum Gasteiger partial charge on any atom is -0.490 e. The van der Waals surface area contributed by atoms with Gasteiger partial charge >= 0.3 is 0 Å². The van der Waals surface area contributed by atoms with E-state index in [-0.39, 0.29) is 12.3 Å². The normalized spacial score (nSPS) is 21.0. The Kier molecular flexibility index (Phi) is 3.94. The van der Waals surface area contributed by atoms with E-state index in [9.17, 15) is 0 Å². The minimum atomic E-state index is -0.224. The second-order valence-corrected chi connectivity index (χ2v) is 7.99. The Bertz CT molecular complexity index is 935. The molecule has 0 amide bonds. The lowest BCUT2D eigenvalue weighted by Crippen LogP contribution is -2.33. The molecule has 2 aliphatic heterocycles. The van der Waals surface area contributed by atoms with Crippen LogP contribution in [0.5, 0.6) is 11.5 Å². The van der Waals surface area contributed by atoms with Gasteiger partial charge in [0.2, 0.25) is 6.23 Å². The molecule has 4 nitrogen and oxygen atoms in total. The van der Waals surface area contributed by atoms with Gasteiger partial charge in [0.15, 0.2) is 11.5 Å². The van der Waals surface area contributed by atoms with Gasteiger partial charge in [-0.1, -0.05) is 18.2 Å². The molecule has 0 unspecified atom stereocenters. The summed E-state index contributed by atoms with van der Waals surface area (Å²) in [5, 5.41) is 13.4. The summed E-state index contributed by atoms with van der Waals surface area (Å²) in [6.45, 7) is 2.62. The molecule has 0 bridgehead atoms. The van der Waals surface area contributed by atoms with Gasteiger partial charge in [-0.3, -0.25) is 0 Å². The highest BCUT2D eigenvalue weighted by atomic mass is 32.1. The molecule has 0 saturated heterocycles. The van der Waals surface area contributed by atoms with E-state index in [2.05, 4.69) is 45.4 Å². The van der Waals surface area contributed by atoms with Crippen molar-refractivity contribution in [2.45, 2.75) is 25.6 Å². The van der Waals surface area contributed by atoms with Crippen molar-refractivity contribution < 1.29 is 9.47 Å². The Morgan fingerprint density at radius 3 is 2.96 bits per heavy atom. The Morgan fingerprint density at radius 2 is 2.19 bits per heavy atom. The summed E-state index contributed by atoms with van der Waals surface area (Å²) in [5.74, 6) is 1.67. The Hall–Kier alpha value is -2.31. The fourth-order valence-corrected chi connectivity index (χ4v) is 4.97. The van der Waals surface area contributed by atoms with Crippen LogP contribution in [0.2, 0.25) is 0 Å². The number of hydrazone groups is 1. The average molecular weight is 383 g/mol. The van der Waals surface area contributed by atoms with Crippen LogP contribution < -0.4 is 9.47 Å². The van der Waals surface area contributed by atoms with Crippen LogP contribution in [0.25, 0.3) is 0 Å². The fourth-order valence-electron chi connectivity index (χ4n) is 3.58. The van der Waals surface area contributed by atoms with E-state index in [4.69, 9.17) is 14.6 Å². The molecular weight excluding hydrogens is 364 g/mol.